The number of carbonyl (C=O) groups is 1. The number of rotatable bonds is 2. The predicted molar refractivity (Wildman–Crippen MR) is 115 cm³/mol. The average molecular weight is 394 g/mol. The van der Waals surface area contributed by atoms with Gasteiger partial charge in [-0.05, 0) is 30.0 Å². The lowest BCUT2D eigenvalue weighted by molar-refractivity contribution is -0.133. The standard InChI is InChI=1S/C26H22N2O2/c1-16-11-13-18(14-12-16)23-22-25(30-27-23)24-20-10-6-5-9-19(20)15-21(28(24)26(22)29)17-7-3-2-4-8-17/h2-14,21-22,24-25H,15H2,1H3/t21-,22-,24-,25+/m1/s1. The second kappa shape index (κ2) is 6.56. The summed E-state index contributed by atoms with van der Waals surface area (Å²) in [4.78, 5) is 21.9. The minimum Gasteiger partial charge on any atom is -0.388 e. The van der Waals surface area contributed by atoms with Crippen LogP contribution in [0.2, 0.25) is 0 Å². The zero-order valence-corrected chi connectivity index (χ0v) is 16.7. The molecule has 0 saturated carbocycles. The predicted octanol–water partition coefficient (Wildman–Crippen LogP) is 4.60. The van der Waals surface area contributed by atoms with Gasteiger partial charge in [0.15, 0.2) is 6.10 Å². The molecular formula is C26H22N2O2. The first kappa shape index (κ1) is 17.5. The van der Waals surface area contributed by atoms with E-state index < -0.39 is 0 Å². The van der Waals surface area contributed by atoms with Gasteiger partial charge < -0.3 is 9.74 Å². The van der Waals surface area contributed by atoms with Crippen LogP contribution in [0.25, 0.3) is 0 Å². The van der Waals surface area contributed by atoms with Crippen LogP contribution < -0.4 is 0 Å². The molecule has 4 heteroatoms. The molecule has 1 amide bonds. The summed E-state index contributed by atoms with van der Waals surface area (Å²) in [5.41, 5.74) is 6.54. The lowest BCUT2D eigenvalue weighted by atomic mass is 9.84. The molecule has 3 aromatic carbocycles. The van der Waals surface area contributed by atoms with Crippen molar-refractivity contribution < 1.29 is 9.63 Å². The zero-order chi connectivity index (χ0) is 20.2. The highest BCUT2D eigenvalue weighted by Gasteiger charge is 2.59. The van der Waals surface area contributed by atoms with Crippen molar-refractivity contribution in [2.24, 2.45) is 11.1 Å². The molecule has 0 unspecified atom stereocenters. The quantitative estimate of drug-likeness (QED) is 0.638. The number of hydrogen-bond donors (Lipinski definition) is 0. The number of oxime groups is 1. The first-order valence-electron chi connectivity index (χ1n) is 10.5. The highest BCUT2D eigenvalue weighted by atomic mass is 16.6. The van der Waals surface area contributed by atoms with Gasteiger partial charge >= 0.3 is 0 Å². The Hall–Kier alpha value is -3.40. The summed E-state index contributed by atoms with van der Waals surface area (Å²) in [6, 6.07) is 26.8. The number of aryl methyl sites for hydroxylation is 1. The number of hydrogen-bond acceptors (Lipinski definition) is 3. The fraction of sp³-hybridized carbons (Fsp3) is 0.231. The molecule has 1 fully saturated rings. The van der Waals surface area contributed by atoms with Crippen molar-refractivity contribution in [3.8, 4) is 0 Å². The molecule has 0 spiro atoms. The minimum atomic E-state index is -0.366. The lowest BCUT2D eigenvalue weighted by Crippen LogP contribution is -2.40. The zero-order valence-electron chi connectivity index (χ0n) is 16.7. The maximum Gasteiger partial charge on any atom is 0.237 e. The van der Waals surface area contributed by atoms with Crippen LogP contribution in [0, 0.1) is 12.8 Å². The fourth-order valence-electron chi connectivity index (χ4n) is 5.24. The van der Waals surface area contributed by atoms with Crippen LogP contribution in [0.3, 0.4) is 0 Å². The molecule has 0 aromatic heterocycles. The smallest absolute Gasteiger partial charge is 0.237 e. The first-order chi connectivity index (χ1) is 14.7. The Kier molecular flexibility index (Phi) is 3.82. The number of fused-ring (bicyclic) bond motifs is 5. The summed E-state index contributed by atoms with van der Waals surface area (Å²) in [7, 11) is 0. The van der Waals surface area contributed by atoms with E-state index in [-0.39, 0.29) is 30.0 Å². The van der Waals surface area contributed by atoms with Gasteiger partial charge in [-0.25, -0.2) is 0 Å². The Morgan fingerprint density at radius 3 is 2.47 bits per heavy atom. The van der Waals surface area contributed by atoms with Gasteiger partial charge in [-0.1, -0.05) is 89.6 Å². The van der Waals surface area contributed by atoms with Crippen molar-refractivity contribution in [3.63, 3.8) is 0 Å². The van der Waals surface area contributed by atoms with Crippen LogP contribution in [0.5, 0.6) is 0 Å². The van der Waals surface area contributed by atoms with Crippen LogP contribution in [-0.4, -0.2) is 22.6 Å². The number of benzene rings is 3. The molecule has 4 atom stereocenters. The van der Waals surface area contributed by atoms with E-state index in [1.807, 2.05) is 36.4 Å². The summed E-state index contributed by atoms with van der Waals surface area (Å²) in [6.45, 7) is 2.06. The van der Waals surface area contributed by atoms with Crippen molar-refractivity contribution in [2.45, 2.75) is 31.5 Å². The molecule has 3 aromatic rings. The van der Waals surface area contributed by atoms with Crippen molar-refractivity contribution >= 4 is 11.6 Å². The molecular weight excluding hydrogens is 372 g/mol. The van der Waals surface area contributed by atoms with Crippen LogP contribution in [0.4, 0.5) is 0 Å². The van der Waals surface area contributed by atoms with E-state index in [1.165, 1.54) is 22.3 Å². The Morgan fingerprint density at radius 1 is 0.933 bits per heavy atom. The van der Waals surface area contributed by atoms with Gasteiger partial charge in [0.25, 0.3) is 0 Å². The molecule has 0 bridgehead atoms. The molecule has 4 nitrogen and oxygen atoms in total. The van der Waals surface area contributed by atoms with Crippen molar-refractivity contribution in [1.82, 2.24) is 4.90 Å². The van der Waals surface area contributed by atoms with E-state index in [1.54, 1.807) is 0 Å². The van der Waals surface area contributed by atoms with Gasteiger partial charge in [0, 0.05) is 5.56 Å². The third-order valence-electron chi connectivity index (χ3n) is 6.68. The van der Waals surface area contributed by atoms with Crippen molar-refractivity contribution in [3.05, 3.63) is 107 Å². The Balaban J connectivity index is 1.46. The molecule has 148 valence electrons. The number of carbonyl (C=O) groups excluding carboxylic acids is 1. The largest absolute Gasteiger partial charge is 0.388 e. The van der Waals surface area contributed by atoms with Gasteiger partial charge in [0.1, 0.15) is 11.6 Å². The Morgan fingerprint density at radius 2 is 1.67 bits per heavy atom. The van der Waals surface area contributed by atoms with Crippen LogP contribution in [0.15, 0.2) is 84.0 Å². The van der Waals surface area contributed by atoms with Crippen molar-refractivity contribution in [1.29, 1.82) is 0 Å². The van der Waals surface area contributed by atoms with E-state index in [9.17, 15) is 4.79 Å². The summed E-state index contributed by atoms with van der Waals surface area (Å²) >= 11 is 0. The minimum absolute atomic E-state index is 0.00654. The maximum absolute atomic E-state index is 13.8. The molecule has 30 heavy (non-hydrogen) atoms. The Labute approximate surface area is 175 Å². The van der Waals surface area contributed by atoms with Gasteiger partial charge in [0.05, 0.1) is 12.1 Å². The van der Waals surface area contributed by atoms with Gasteiger partial charge in [-0.2, -0.15) is 0 Å². The van der Waals surface area contributed by atoms with Gasteiger partial charge in [-0.15, -0.1) is 0 Å². The van der Waals surface area contributed by atoms with E-state index in [2.05, 4.69) is 59.4 Å². The average Bonchev–Trinajstić information content (AvgIpc) is 3.34. The lowest BCUT2D eigenvalue weighted by Gasteiger charge is -2.40. The van der Waals surface area contributed by atoms with Crippen LogP contribution in [0.1, 0.15) is 39.9 Å². The summed E-state index contributed by atoms with van der Waals surface area (Å²) in [5.74, 6) is -0.250. The molecule has 3 aliphatic heterocycles. The third kappa shape index (κ3) is 2.46. The summed E-state index contributed by atoms with van der Waals surface area (Å²) < 4.78 is 0. The highest BCUT2D eigenvalue weighted by molar-refractivity contribution is 6.15. The van der Waals surface area contributed by atoms with Gasteiger partial charge in [-0.3, -0.25) is 4.79 Å². The SMILES string of the molecule is Cc1ccc(C2=NO[C@H]3[C@@H]2C(=O)N2[C@@H](c4ccccc4)Cc4ccccc4[C@H]32)cc1. The first-order valence-corrected chi connectivity index (χ1v) is 10.5. The highest BCUT2D eigenvalue weighted by Crippen LogP contribution is 2.51. The number of amides is 1. The van der Waals surface area contributed by atoms with Gasteiger partial charge in [0.2, 0.25) is 5.91 Å². The second-order valence-electron chi connectivity index (χ2n) is 8.41. The summed E-state index contributed by atoms with van der Waals surface area (Å²) in [6.07, 6.45) is 0.528. The second-order valence-corrected chi connectivity index (χ2v) is 8.41. The molecule has 0 radical (unpaired) electrons. The van der Waals surface area contributed by atoms with Crippen LogP contribution in [-0.2, 0) is 16.1 Å². The van der Waals surface area contributed by atoms with E-state index in [4.69, 9.17) is 4.84 Å². The normalized spacial score (nSPS) is 26.5. The molecule has 6 rings (SSSR count). The molecule has 0 N–H and O–H groups in total. The maximum atomic E-state index is 13.8. The Bertz CT molecular complexity index is 1150. The van der Waals surface area contributed by atoms with E-state index in [0.717, 1.165) is 17.7 Å². The molecule has 3 heterocycles. The molecule has 1 saturated heterocycles. The summed E-state index contributed by atoms with van der Waals surface area (Å²) in [5, 5.41) is 4.40. The van der Waals surface area contributed by atoms with Crippen LogP contribution >= 0.6 is 0 Å². The van der Waals surface area contributed by atoms with E-state index >= 15 is 0 Å². The molecule has 0 aliphatic carbocycles. The monoisotopic (exact) mass is 394 g/mol. The molecule has 3 aliphatic rings. The number of nitrogens with zero attached hydrogens (tertiary/aromatic N) is 2. The topological polar surface area (TPSA) is 41.9 Å². The fourth-order valence-corrected chi connectivity index (χ4v) is 5.24. The van der Waals surface area contributed by atoms with E-state index in [0.29, 0.717) is 0 Å². The van der Waals surface area contributed by atoms with Crippen molar-refractivity contribution in [2.75, 3.05) is 0 Å². The third-order valence-corrected chi connectivity index (χ3v) is 6.68.